The van der Waals surface area contributed by atoms with E-state index in [4.69, 9.17) is 16.3 Å². The lowest BCUT2D eigenvalue weighted by Gasteiger charge is -2.33. The van der Waals surface area contributed by atoms with Crippen LogP contribution in [0.25, 0.3) is 0 Å². The maximum atomic E-state index is 12.5. The van der Waals surface area contributed by atoms with Crippen molar-refractivity contribution in [2.45, 2.75) is 59.8 Å². The third-order valence-electron chi connectivity index (χ3n) is 5.80. The minimum atomic E-state index is -0.0751. The molecule has 1 aliphatic rings. The lowest BCUT2D eigenvalue weighted by atomic mass is 9.72. The van der Waals surface area contributed by atoms with Crippen LogP contribution in [0.1, 0.15) is 61.6 Å². The fourth-order valence-electron chi connectivity index (χ4n) is 3.91. The average Bonchev–Trinajstić information content (AvgIpc) is 3.01. The molecule has 1 amide bonds. The summed E-state index contributed by atoms with van der Waals surface area (Å²) in [5, 5.41) is 14.0. The minimum absolute atomic E-state index is 0.0751. The summed E-state index contributed by atoms with van der Waals surface area (Å²) in [6.07, 6.45) is 3.96. The number of halogens is 1. The summed E-state index contributed by atoms with van der Waals surface area (Å²) in [4.78, 5) is 13.7. The number of fused-ring (bicyclic) bond motifs is 1. The number of rotatable bonds is 6. The topological polar surface area (TPSA) is 62.1 Å². The summed E-state index contributed by atoms with van der Waals surface area (Å²) in [6, 6.07) is 7.82. The zero-order chi connectivity index (χ0) is 21.9. The van der Waals surface area contributed by atoms with Crippen molar-refractivity contribution in [2.24, 2.45) is 11.3 Å². The number of ether oxygens (including phenoxy) is 1. The van der Waals surface area contributed by atoms with E-state index < -0.39 is 0 Å². The Morgan fingerprint density at radius 2 is 2.17 bits per heavy atom. The van der Waals surface area contributed by atoms with Crippen LogP contribution in [0.4, 0.5) is 5.00 Å². The highest BCUT2D eigenvalue weighted by Crippen LogP contribution is 2.44. The molecule has 0 saturated carbocycles. The normalized spacial score (nSPS) is 15.9. The van der Waals surface area contributed by atoms with Crippen molar-refractivity contribution in [3.63, 3.8) is 0 Å². The van der Waals surface area contributed by atoms with Crippen molar-refractivity contribution in [3.05, 3.63) is 44.8 Å². The first kappa shape index (κ1) is 22.7. The molecule has 4 nitrogen and oxygen atoms in total. The second-order valence-corrected chi connectivity index (χ2v) is 10.6. The molecule has 160 valence electrons. The Morgan fingerprint density at radius 1 is 1.40 bits per heavy atom. The molecule has 30 heavy (non-hydrogen) atoms. The third kappa shape index (κ3) is 5.36. The van der Waals surface area contributed by atoms with Gasteiger partial charge in [-0.05, 0) is 73.3 Å². The van der Waals surface area contributed by atoms with E-state index in [1.54, 1.807) is 17.4 Å². The highest BCUT2D eigenvalue weighted by atomic mass is 35.5. The van der Waals surface area contributed by atoms with Crippen LogP contribution >= 0.6 is 22.9 Å². The summed E-state index contributed by atoms with van der Waals surface area (Å²) >= 11 is 7.53. The molecule has 1 aromatic carbocycles. The van der Waals surface area contributed by atoms with E-state index in [1.165, 1.54) is 4.88 Å². The van der Waals surface area contributed by atoms with Crippen molar-refractivity contribution in [3.8, 4) is 11.8 Å². The fraction of sp³-hybridized carbons (Fsp3) is 0.500. The number of aryl methyl sites for hydroxylation is 1. The number of carbonyl (C=O) groups is 1. The fourth-order valence-corrected chi connectivity index (χ4v) is 5.43. The summed E-state index contributed by atoms with van der Waals surface area (Å²) in [7, 11) is 0. The highest BCUT2D eigenvalue weighted by molar-refractivity contribution is 7.16. The molecular weight excluding hydrogens is 416 g/mol. The predicted molar refractivity (Wildman–Crippen MR) is 124 cm³/mol. The molecule has 2 aromatic rings. The second kappa shape index (κ2) is 9.41. The van der Waals surface area contributed by atoms with Crippen LogP contribution in [0.15, 0.2) is 18.2 Å². The molecular formula is C24H29ClN2O2S. The number of nitriles is 1. The standard InChI is InChI=1S/C24H29ClN2O2S/c1-15-12-17(25)8-10-20(15)29-11-5-6-22(28)27-23-19(14-26)18-9-7-16(24(2,3)4)13-21(18)30-23/h8,10,12,16H,5-7,9,11,13H2,1-4H3,(H,27,28)/t16-/m1/s1. The van der Waals surface area contributed by atoms with Crippen LogP contribution in [-0.4, -0.2) is 12.5 Å². The van der Waals surface area contributed by atoms with Gasteiger partial charge in [0.1, 0.15) is 16.8 Å². The zero-order valence-corrected chi connectivity index (χ0v) is 19.7. The SMILES string of the molecule is Cc1cc(Cl)ccc1OCCCC(=O)Nc1sc2c(c1C#N)CC[C@@H](C(C)(C)C)C2. The summed E-state index contributed by atoms with van der Waals surface area (Å²) in [6.45, 7) is 9.22. The molecule has 1 N–H and O–H groups in total. The first-order valence-electron chi connectivity index (χ1n) is 10.4. The van der Waals surface area contributed by atoms with Crippen LogP contribution in [-0.2, 0) is 17.6 Å². The monoisotopic (exact) mass is 444 g/mol. The van der Waals surface area contributed by atoms with Crippen LogP contribution in [0.3, 0.4) is 0 Å². The minimum Gasteiger partial charge on any atom is -0.493 e. The number of thiophene rings is 1. The van der Waals surface area contributed by atoms with Gasteiger partial charge in [-0.1, -0.05) is 32.4 Å². The average molecular weight is 445 g/mol. The van der Waals surface area contributed by atoms with Gasteiger partial charge >= 0.3 is 0 Å². The quantitative estimate of drug-likeness (QED) is 0.515. The van der Waals surface area contributed by atoms with Crippen molar-refractivity contribution >= 4 is 33.8 Å². The molecule has 1 aromatic heterocycles. The zero-order valence-electron chi connectivity index (χ0n) is 18.1. The summed E-state index contributed by atoms with van der Waals surface area (Å²) in [5.74, 6) is 1.31. The van der Waals surface area contributed by atoms with Crippen LogP contribution in [0.5, 0.6) is 5.75 Å². The number of anilines is 1. The first-order chi connectivity index (χ1) is 14.2. The maximum absolute atomic E-state index is 12.5. The van der Waals surface area contributed by atoms with E-state index in [1.807, 2.05) is 19.1 Å². The van der Waals surface area contributed by atoms with E-state index in [9.17, 15) is 10.1 Å². The summed E-state index contributed by atoms with van der Waals surface area (Å²) in [5.41, 5.74) is 3.02. The Kier molecular flexibility index (Phi) is 7.10. The van der Waals surface area contributed by atoms with Gasteiger partial charge in [-0.25, -0.2) is 0 Å². The van der Waals surface area contributed by atoms with E-state index in [-0.39, 0.29) is 11.3 Å². The molecule has 6 heteroatoms. The molecule has 0 unspecified atom stereocenters. The van der Waals surface area contributed by atoms with Gasteiger partial charge in [0.25, 0.3) is 0 Å². The van der Waals surface area contributed by atoms with Crippen molar-refractivity contribution in [1.82, 2.24) is 0 Å². The molecule has 0 spiro atoms. The largest absolute Gasteiger partial charge is 0.493 e. The van der Waals surface area contributed by atoms with Crippen LogP contribution in [0, 0.1) is 29.6 Å². The number of hydrogen-bond acceptors (Lipinski definition) is 4. The van der Waals surface area contributed by atoms with Crippen LogP contribution < -0.4 is 10.1 Å². The smallest absolute Gasteiger partial charge is 0.225 e. The molecule has 0 fully saturated rings. The molecule has 3 rings (SSSR count). The van der Waals surface area contributed by atoms with Gasteiger partial charge in [0, 0.05) is 16.3 Å². The molecule has 0 saturated heterocycles. The summed E-state index contributed by atoms with van der Waals surface area (Å²) < 4.78 is 5.76. The Balaban J connectivity index is 1.55. The number of benzene rings is 1. The molecule has 1 aliphatic carbocycles. The van der Waals surface area contributed by atoms with Crippen LogP contribution in [0.2, 0.25) is 5.02 Å². The van der Waals surface area contributed by atoms with Crippen molar-refractivity contribution in [1.29, 1.82) is 5.26 Å². The number of nitrogens with one attached hydrogen (secondary N) is 1. The van der Waals surface area contributed by atoms with Gasteiger partial charge in [0.05, 0.1) is 12.2 Å². The first-order valence-corrected chi connectivity index (χ1v) is 11.6. The number of hydrogen-bond donors (Lipinski definition) is 1. The van der Waals surface area contributed by atoms with E-state index >= 15 is 0 Å². The lowest BCUT2D eigenvalue weighted by molar-refractivity contribution is -0.116. The van der Waals surface area contributed by atoms with Gasteiger partial charge in [0.15, 0.2) is 0 Å². The molecule has 0 aliphatic heterocycles. The van der Waals surface area contributed by atoms with Gasteiger partial charge < -0.3 is 10.1 Å². The lowest BCUT2D eigenvalue weighted by Crippen LogP contribution is -2.26. The number of nitrogens with zero attached hydrogens (tertiary/aromatic N) is 1. The third-order valence-corrected chi connectivity index (χ3v) is 7.20. The van der Waals surface area contributed by atoms with E-state index in [2.05, 4.69) is 32.2 Å². The molecule has 0 bridgehead atoms. The van der Waals surface area contributed by atoms with Gasteiger partial charge in [-0.15, -0.1) is 11.3 Å². The van der Waals surface area contributed by atoms with Crippen molar-refractivity contribution in [2.75, 3.05) is 11.9 Å². The maximum Gasteiger partial charge on any atom is 0.225 e. The highest BCUT2D eigenvalue weighted by Gasteiger charge is 2.32. The van der Waals surface area contributed by atoms with Gasteiger partial charge in [-0.2, -0.15) is 5.26 Å². The van der Waals surface area contributed by atoms with Crippen molar-refractivity contribution < 1.29 is 9.53 Å². The molecule has 0 radical (unpaired) electrons. The van der Waals surface area contributed by atoms with E-state index in [0.717, 1.165) is 36.1 Å². The predicted octanol–water partition coefficient (Wildman–Crippen LogP) is 6.53. The van der Waals surface area contributed by atoms with Gasteiger partial charge in [0.2, 0.25) is 5.91 Å². The van der Waals surface area contributed by atoms with E-state index in [0.29, 0.717) is 41.0 Å². The Morgan fingerprint density at radius 3 is 2.83 bits per heavy atom. The number of carbonyl (C=O) groups excluding carboxylic acids is 1. The molecule has 1 atom stereocenters. The Bertz CT molecular complexity index is 969. The molecule has 1 heterocycles. The Labute approximate surface area is 188 Å². The second-order valence-electron chi connectivity index (χ2n) is 9.04. The Hall–Kier alpha value is -2.03. The number of amides is 1. The van der Waals surface area contributed by atoms with Gasteiger partial charge in [-0.3, -0.25) is 4.79 Å².